The lowest BCUT2D eigenvalue weighted by Crippen LogP contribution is -2.47. The molecule has 0 radical (unpaired) electrons. The van der Waals surface area contributed by atoms with Crippen molar-refractivity contribution in [2.75, 3.05) is 19.1 Å². The standard InChI is InChI=1S/C23H28N4O3S2/c1-26(16-20-15-24-27(18-20)17-19-9-5-3-6-10-19)23(28)22(13-14-31-2)25-32(29,30)21-11-7-4-8-12-21/h3-12,15,18,22,25H,13-14,16-17H2,1-2H3. The number of aromatic nitrogens is 2. The van der Waals surface area contributed by atoms with E-state index in [-0.39, 0.29) is 10.8 Å². The smallest absolute Gasteiger partial charge is 0.241 e. The average molecular weight is 473 g/mol. The summed E-state index contributed by atoms with van der Waals surface area (Å²) in [5.41, 5.74) is 2.02. The lowest BCUT2D eigenvalue weighted by atomic mass is 10.2. The largest absolute Gasteiger partial charge is 0.340 e. The number of thioether (sulfide) groups is 1. The van der Waals surface area contributed by atoms with E-state index >= 15 is 0 Å². The highest BCUT2D eigenvalue weighted by Crippen LogP contribution is 2.13. The minimum atomic E-state index is -3.80. The van der Waals surface area contributed by atoms with Gasteiger partial charge in [-0.3, -0.25) is 9.48 Å². The molecule has 170 valence electrons. The molecule has 0 saturated heterocycles. The molecule has 7 nitrogen and oxygen atoms in total. The maximum Gasteiger partial charge on any atom is 0.241 e. The first kappa shape index (κ1) is 24.0. The van der Waals surface area contributed by atoms with Crippen LogP contribution in [0.25, 0.3) is 0 Å². The van der Waals surface area contributed by atoms with Crippen LogP contribution in [0.2, 0.25) is 0 Å². The summed E-state index contributed by atoms with van der Waals surface area (Å²) in [4.78, 5) is 14.8. The summed E-state index contributed by atoms with van der Waals surface area (Å²) in [5.74, 6) is 0.394. The van der Waals surface area contributed by atoms with Crippen LogP contribution in [-0.2, 0) is 27.9 Å². The fourth-order valence-corrected chi connectivity index (χ4v) is 5.00. The van der Waals surface area contributed by atoms with Gasteiger partial charge in [-0.1, -0.05) is 48.5 Å². The lowest BCUT2D eigenvalue weighted by molar-refractivity contribution is -0.132. The molecule has 0 spiro atoms. The lowest BCUT2D eigenvalue weighted by Gasteiger charge is -2.24. The van der Waals surface area contributed by atoms with Crippen LogP contribution in [0.15, 0.2) is 78.0 Å². The molecule has 1 heterocycles. The van der Waals surface area contributed by atoms with Crippen molar-refractivity contribution < 1.29 is 13.2 Å². The molecule has 0 saturated carbocycles. The summed E-state index contributed by atoms with van der Waals surface area (Å²) in [6.07, 6.45) is 5.97. The van der Waals surface area contributed by atoms with E-state index in [1.165, 1.54) is 12.1 Å². The second kappa shape index (κ2) is 11.3. The van der Waals surface area contributed by atoms with E-state index in [4.69, 9.17) is 0 Å². The second-order valence-electron chi connectivity index (χ2n) is 7.49. The molecule has 1 atom stereocenters. The molecule has 3 aromatic rings. The topological polar surface area (TPSA) is 84.3 Å². The van der Waals surface area contributed by atoms with E-state index in [9.17, 15) is 13.2 Å². The minimum absolute atomic E-state index is 0.145. The average Bonchev–Trinajstić information content (AvgIpc) is 3.23. The maximum atomic E-state index is 13.1. The highest BCUT2D eigenvalue weighted by atomic mass is 32.2. The van der Waals surface area contributed by atoms with Gasteiger partial charge in [0.25, 0.3) is 0 Å². The number of likely N-dealkylation sites (N-methyl/N-ethyl adjacent to an activating group) is 1. The van der Waals surface area contributed by atoms with Crippen LogP contribution in [0.3, 0.4) is 0 Å². The van der Waals surface area contributed by atoms with Crippen LogP contribution in [0, 0.1) is 0 Å². The summed E-state index contributed by atoms with van der Waals surface area (Å²) in [6.45, 7) is 0.988. The molecule has 3 rings (SSSR count). The Kier molecular flexibility index (Phi) is 8.49. The van der Waals surface area contributed by atoms with Crippen molar-refractivity contribution in [3.63, 3.8) is 0 Å². The van der Waals surface area contributed by atoms with Gasteiger partial charge in [0.2, 0.25) is 15.9 Å². The fraction of sp³-hybridized carbons (Fsp3) is 0.304. The Morgan fingerprint density at radius 2 is 1.75 bits per heavy atom. The van der Waals surface area contributed by atoms with Crippen LogP contribution in [-0.4, -0.2) is 54.1 Å². The van der Waals surface area contributed by atoms with Gasteiger partial charge in [-0.2, -0.15) is 21.6 Å². The first-order chi connectivity index (χ1) is 15.4. The van der Waals surface area contributed by atoms with E-state index in [0.29, 0.717) is 25.3 Å². The van der Waals surface area contributed by atoms with Gasteiger partial charge in [0.05, 0.1) is 17.6 Å². The summed E-state index contributed by atoms with van der Waals surface area (Å²) >= 11 is 1.57. The van der Waals surface area contributed by atoms with Crippen LogP contribution >= 0.6 is 11.8 Å². The van der Waals surface area contributed by atoms with Gasteiger partial charge in [-0.05, 0) is 36.1 Å². The van der Waals surface area contributed by atoms with Gasteiger partial charge in [0.1, 0.15) is 6.04 Å². The molecule has 9 heteroatoms. The summed E-state index contributed by atoms with van der Waals surface area (Å²) < 4.78 is 30.0. The highest BCUT2D eigenvalue weighted by Gasteiger charge is 2.27. The third-order valence-electron chi connectivity index (χ3n) is 4.93. The van der Waals surface area contributed by atoms with Crippen molar-refractivity contribution >= 4 is 27.7 Å². The molecule has 2 aromatic carbocycles. The van der Waals surface area contributed by atoms with Gasteiger partial charge < -0.3 is 4.90 Å². The van der Waals surface area contributed by atoms with Crippen LogP contribution in [0.4, 0.5) is 0 Å². The number of rotatable bonds is 11. The Balaban J connectivity index is 1.67. The quantitative estimate of drug-likeness (QED) is 0.464. The van der Waals surface area contributed by atoms with Crippen LogP contribution in [0.5, 0.6) is 0 Å². The summed E-state index contributed by atoms with van der Waals surface area (Å²) in [6, 6.07) is 17.3. The fourth-order valence-electron chi connectivity index (χ4n) is 3.29. The Bertz CT molecular complexity index is 1100. The van der Waals surface area contributed by atoms with Crippen LogP contribution < -0.4 is 4.72 Å². The van der Waals surface area contributed by atoms with Crippen molar-refractivity contribution in [1.82, 2.24) is 19.4 Å². The predicted octanol–water partition coefficient (Wildman–Crippen LogP) is 2.99. The molecular formula is C23H28N4O3S2. The molecule has 0 fully saturated rings. The van der Waals surface area contributed by atoms with E-state index in [2.05, 4.69) is 9.82 Å². The molecule has 0 bridgehead atoms. The van der Waals surface area contributed by atoms with Gasteiger partial charge in [-0.15, -0.1) is 0 Å². The Labute approximate surface area is 193 Å². The summed E-state index contributed by atoms with van der Waals surface area (Å²) in [5, 5.41) is 4.38. The number of carbonyl (C=O) groups is 1. The van der Waals surface area contributed by atoms with Gasteiger partial charge in [0, 0.05) is 25.4 Å². The molecule has 1 unspecified atom stereocenters. The SMILES string of the molecule is CSCCC(NS(=O)(=O)c1ccccc1)C(=O)N(C)Cc1cnn(Cc2ccccc2)c1. The van der Waals surface area contributed by atoms with Crippen LogP contribution in [0.1, 0.15) is 17.5 Å². The monoisotopic (exact) mass is 472 g/mol. The number of benzene rings is 2. The molecule has 32 heavy (non-hydrogen) atoms. The third-order valence-corrected chi connectivity index (χ3v) is 7.06. The van der Waals surface area contributed by atoms with E-state index in [1.807, 2.05) is 47.5 Å². The molecular weight excluding hydrogens is 444 g/mol. The van der Waals surface area contributed by atoms with Crippen molar-refractivity contribution in [2.45, 2.75) is 30.4 Å². The van der Waals surface area contributed by atoms with Crippen molar-refractivity contribution in [2.24, 2.45) is 0 Å². The van der Waals surface area contributed by atoms with Gasteiger partial charge in [0.15, 0.2) is 0 Å². The van der Waals surface area contributed by atoms with E-state index < -0.39 is 16.1 Å². The molecule has 1 N–H and O–H groups in total. The molecule has 0 aliphatic rings. The van der Waals surface area contributed by atoms with E-state index in [1.54, 1.807) is 48.1 Å². The van der Waals surface area contributed by atoms with Gasteiger partial charge in [-0.25, -0.2) is 8.42 Å². The Hall–Kier alpha value is -2.62. The Morgan fingerprint density at radius 3 is 2.41 bits per heavy atom. The van der Waals surface area contributed by atoms with E-state index in [0.717, 1.165) is 11.1 Å². The maximum absolute atomic E-state index is 13.1. The zero-order valence-corrected chi connectivity index (χ0v) is 19.8. The molecule has 1 aromatic heterocycles. The number of nitrogens with zero attached hydrogens (tertiary/aromatic N) is 3. The Morgan fingerprint density at radius 1 is 1.09 bits per heavy atom. The number of sulfonamides is 1. The minimum Gasteiger partial charge on any atom is -0.340 e. The van der Waals surface area contributed by atoms with Crippen molar-refractivity contribution in [1.29, 1.82) is 0 Å². The number of carbonyl (C=O) groups excluding carboxylic acids is 1. The molecule has 0 aliphatic carbocycles. The number of hydrogen-bond donors (Lipinski definition) is 1. The molecule has 1 amide bonds. The predicted molar refractivity (Wildman–Crippen MR) is 128 cm³/mol. The zero-order valence-electron chi connectivity index (χ0n) is 18.2. The van der Waals surface area contributed by atoms with Gasteiger partial charge >= 0.3 is 0 Å². The normalized spacial score (nSPS) is 12.4. The zero-order chi connectivity index (χ0) is 23.0. The number of hydrogen-bond acceptors (Lipinski definition) is 5. The number of amides is 1. The highest BCUT2D eigenvalue weighted by molar-refractivity contribution is 7.98. The van der Waals surface area contributed by atoms with Crippen molar-refractivity contribution in [3.8, 4) is 0 Å². The number of nitrogens with one attached hydrogen (secondary N) is 1. The third kappa shape index (κ3) is 6.69. The second-order valence-corrected chi connectivity index (χ2v) is 10.2. The summed E-state index contributed by atoms with van der Waals surface area (Å²) in [7, 11) is -2.11. The molecule has 0 aliphatic heterocycles. The first-order valence-corrected chi connectivity index (χ1v) is 13.1. The van der Waals surface area contributed by atoms with Crippen molar-refractivity contribution in [3.05, 3.63) is 84.2 Å². The first-order valence-electron chi connectivity index (χ1n) is 10.3.